The second kappa shape index (κ2) is 8.89. The van der Waals surface area contributed by atoms with Gasteiger partial charge in [-0.05, 0) is 6.92 Å². The molecule has 31 heavy (non-hydrogen) atoms. The maximum Gasteiger partial charge on any atom is 0.490 e. The summed E-state index contributed by atoms with van der Waals surface area (Å²) in [4.78, 5) is 71.8. The number of nitrogens with one attached hydrogen (secondary N) is 1. The summed E-state index contributed by atoms with van der Waals surface area (Å²) in [6, 6.07) is 0.870. The van der Waals surface area contributed by atoms with Crippen LogP contribution in [0.25, 0.3) is 0 Å². The van der Waals surface area contributed by atoms with Crippen LogP contribution in [-0.4, -0.2) is 53.8 Å². The van der Waals surface area contributed by atoms with Gasteiger partial charge in [0, 0.05) is 12.3 Å². The summed E-state index contributed by atoms with van der Waals surface area (Å²) in [7, 11) is -17.0. The fourth-order valence-corrected chi connectivity index (χ4v) is 5.75. The number of carbonyl (C=O) groups excluding carboxylic acids is 1. The smallest absolute Gasteiger partial charge is 0.345 e. The lowest BCUT2D eigenvalue weighted by Crippen LogP contribution is -2.39. The summed E-state index contributed by atoms with van der Waals surface area (Å²) >= 11 is 0. The molecule has 1 aromatic heterocycles. The third kappa shape index (κ3) is 6.57. The van der Waals surface area contributed by atoms with Crippen molar-refractivity contribution in [2.24, 2.45) is 5.92 Å². The molecule has 1 aliphatic heterocycles. The molecule has 0 saturated carbocycles. The van der Waals surface area contributed by atoms with E-state index in [1.54, 1.807) is 0 Å². The molecule has 0 aromatic carbocycles. The van der Waals surface area contributed by atoms with Crippen molar-refractivity contribution in [2.45, 2.75) is 24.9 Å². The second-order valence-electron chi connectivity index (χ2n) is 6.31. The van der Waals surface area contributed by atoms with Gasteiger partial charge in [-0.25, -0.2) is 22.9 Å². The maximum absolute atomic E-state index is 14.8. The Labute approximate surface area is 171 Å². The van der Waals surface area contributed by atoms with Crippen LogP contribution in [0, 0.1) is 5.92 Å². The molecule has 5 N–H and O–H groups in total. The van der Waals surface area contributed by atoms with Crippen molar-refractivity contribution in [1.29, 1.82) is 0 Å². The van der Waals surface area contributed by atoms with Crippen LogP contribution in [-0.2, 0) is 36.4 Å². The van der Waals surface area contributed by atoms with Crippen LogP contribution in [0.5, 0.6) is 0 Å². The molecule has 0 spiro atoms. The van der Waals surface area contributed by atoms with E-state index in [1.165, 1.54) is 0 Å². The number of aromatic nitrogens is 2. The minimum atomic E-state index is -5.79. The van der Waals surface area contributed by atoms with Gasteiger partial charge in [0.05, 0.1) is 12.5 Å². The molecule has 0 radical (unpaired) electrons. The van der Waals surface area contributed by atoms with Crippen LogP contribution in [0.15, 0.2) is 21.9 Å². The molecular formula is C11H16FN2O14P3. The lowest BCUT2D eigenvalue weighted by molar-refractivity contribution is -0.124. The van der Waals surface area contributed by atoms with Crippen molar-refractivity contribution in [3.8, 4) is 0 Å². The number of hydrogen-bond acceptors (Lipinski definition) is 10. The van der Waals surface area contributed by atoms with Gasteiger partial charge in [-0.1, -0.05) is 0 Å². The molecule has 16 nitrogen and oxygen atoms in total. The first-order valence-electron chi connectivity index (χ1n) is 7.86. The molecular weight excluding hydrogens is 496 g/mol. The highest BCUT2D eigenvalue weighted by Crippen LogP contribution is 2.66. The number of carbonyl (C=O) groups is 1. The van der Waals surface area contributed by atoms with E-state index in [-0.39, 0.29) is 6.29 Å². The predicted octanol–water partition coefficient (Wildman–Crippen LogP) is -0.679. The zero-order chi connectivity index (χ0) is 23.8. The molecule has 2 heterocycles. The van der Waals surface area contributed by atoms with Crippen LogP contribution >= 0.6 is 23.5 Å². The third-order valence-corrected chi connectivity index (χ3v) is 7.70. The van der Waals surface area contributed by atoms with Crippen molar-refractivity contribution >= 4 is 29.8 Å². The molecule has 0 amide bonds. The van der Waals surface area contributed by atoms with E-state index in [0.717, 1.165) is 19.2 Å². The van der Waals surface area contributed by atoms with Crippen molar-refractivity contribution < 1.29 is 60.3 Å². The largest absolute Gasteiger partial charge is 0.490 e. The fourth-order valence-electron chi connectivity index (χ4n) is 2.63. The summed E-state index contributed by atoms with van der Waals surface area (Å²) in [5, 5.41) is 0. The zero-order valence-electron chi connectivity index (χ0n) is 15.2. The first-order chi connectivity index (χ1) is 14.0. The normalized spacial score (nSPS) is 30.5. The molecule has 0 aliphatic carbocycles. The van der Waals surface area contributed by atoms with Gasteiger partial charge in [-0.3, -0.25) is 18.9 Å². The van der Waals surface area contributed by atoms with E-state index < -0.39 is 65.2 Å². The molecule has 1 fully saturated rings. The average Bonchev–Trinajstić information content (AvgIpc) is 2.81. The number of aromatic amines is 1. The minimum Gasteiger partial charge on any atom is -0.345 e. The number of hydrogen-bond donors (Lipinski definition) is 5. The van der Waals surface area contributed by atoms with Crippen molar-refractivity contribution in [3.05, 3.63) is 33.1 Å². The van der Waals surface area contributed by atoms with E-state index in [4.69, 9.17) is 19.4 Å². The molecule has 20 heteroatoms. The van der Waals surface area contributed by atoms with Crippen molar-refractivity contribution in [1.82, 2.24) is 9.55 Å². The van der Waals surface area contributed by atoms with Crippen molar-refractivity contribution in [2.75, 3.05) is 6.61 Å². The standard InChI is InChI=1S/C11H16FN2O14P3/c1-11(5-25-30(21,22)28-31(23,24)27-29(18,19)20)6(4-15)8(12)9(26-11)14-3-2-7(16)13-10(14)17/h2-4,6,8-9H,5H2,1H3,(H,21,22)(H,23,24)(H,13,16,17)(H2,18,19,20). The quantitative estimate of drug-likeness (QED) is 0.203. The summed E-state index contributed by atoms with van der Waals surface area (Å²) in [6.45, 7) is -0.0881. The molecule has 6 atom stereocenters. The lowest BCUT2D eigenvalue weighted by atomic mass is 9.89. The van der Waals surface area contributed by atoms with Gasteiger partial charge in [0.25, 0.3) is 5.56 Å². The Hall–Kier alpha value is -1.35. The third-order valence-electron chi connectivity index (χ3n) is 3.91. The van der Waals surface area contributed by atoms with Crippen LogP contribution in [0.4, 0.5) is 4.39 Å². The Morgan fingerprint density at radius 1 is 1.23 bits per heavy atom. The number of H-pyrrole nitrogens is 1. The number of ether oxygens (including phenoxy) is 1. The number of phosphoric acid groups is 3. The SMILES string of the molecule is CC1(COP(=O)(O)OP(=O)(O)OP(=O)(O)O)OC(n2ccc(=O)[nH]c2=O)C(F)C1C=O. The minimum absolute atomic E-state index is 0.0712. The average molecular weight is 512 g/mol. The van der Waals surface area contributed by atoms with Gasteiger partial charge in [0.15, 0.2) is 12.4 Å². The topological polar surface area (TPSA) is 241 Å². The van der Waals surface area contributed by atoms with Gasteiger partial charge in [-0.15, -0.1) is 0 Å². The van der Waals surface area contributed by atoms with Gasteiger partial charge in [0.2, 0.25) is 0 Å². The van der Waals surface area contributed by atoms with E-state index in [0.29, 0.717) is 4.57 Å². The van der Waals surface area contributed by atoms with Gasteiger partial charge in [-0.2, -0.15) is 8.62 Å². The molecule has 1 saturated heterocycles. The number of nitrogens with zero attached hydrogens (tertiary/aromatic N) is 1. The highest BCUT2D eigenvalue weighted by Gasteiger charge is 2.55. The van der Waals surface area contributed by atoms with E-state index in [9.17, 15) is 37.4 Å². The van der Waals surface area contributed by atoms with Gasteiger partial charge < -0.3 is 29.1 Å². The fraction of sp³-hybridized carbons (Fsp3) is 0.545. The van der Waals surface area contributed by atoms with Crippen LogP contribution in [0.3, 0.4) is 0 Å². The molecule has 1 aromatic rings. The first kappa shape index (κ1) is 25.9. The van der Waals surface area contributed by atoms with Crippen LogP contribution < -0.4 is 11.2 Å². The number of aldehydes is 1. The summed E-state index contributed by atoms with van der Waals surface area (Å²) in [5.74, 6) is -1.69. The predicted molar refractivity (Wildman–Crippen MR) is 94.1 cm³/mol. The van der Waals surface area contributed by atoms with E-state index in [1.807, 2.05) is 4.98 Å². The van der Waals surface area contributed by atoms with Gasteiger partial charge >= 0.3 is 29.2 Å². The summed E-state index contributed by atoms with van der Waals surface area (Å²) < 4.78 is 66.0. The lowest BCUT2D eigenvalue weighted by Gasteiger charge is -2.28. The first-order valence-corrected chi connectivity index (χ1v) is 12.4. The summed E-state index contributed by atoms with van der Waals surface area (Å²) in [6.07, 6.45) is -3.01. The Morgan fingerprint density at radius 2 is 1.84 bits per heavy atom. The number of rotatable bonds is 9. The number of alkyl halides is 1. The molecule has 2 rings (SSSR count). The molecule has 176 valence electrons. The maximum atomic E-state index is 14.8. The molecule has 1 aliphatic rings. The summed E-state index contributed by atoms with van der Waals surface area (Å²) in [5.41, 5.74) is -3.91. The molecule has 6 unspecified atom stereocenters. The highest BCUT2D eigenvalue weighted by molar-refractivity contribution is 7.66. The van der Waals surface area contributed by atoms with Gasteiger partial charge in [0.1, 0.15) is 11.9 Å². The Balaban J connectivity index is 2.21. The second-order valence-corrected chi connectivity index (χ2v) is 10.7. The van der Waals surface area contributed by atoms with E-state index in [2.05, 4.69) is 13.1 Å². The van der Waals surface area contributed by atoms with E-state index >= 15 is 0 Å². The van der Waals surface area contributed by atoms with Crippen LogP contribution in [0.2, 0.25) is 0 Å². The Morgan fingerprint density at radius 3 is 2.35 bits per heavy atom. The van der Waals surface area contributed by atoms with Crippen molar-refractivity contribution in [3.63, 3.8) is 0 Å². The highest BCUT2D eigenvalue weighted by atomic mass is 31.3. The monoisotopic (exact) mass is 512 g/mol. The number of halogens is 1. The number of phosphoric ester groups is 1. The Kier molecular flexibility index (Phi) is 7.43. The Bertz CT molecular complexity index is 1100. The molecule has 0 bridgehead atoms. The zero-order valence-corrected chi connectivity index (χ0v) is 17.9. The van der Waals surface area contributed by atoms with Crippen LogP contribution in [0.1, 0.15) is 13.2 Å².